The Morgan fingerprint density at radius 2 is 1.73 bits per heavy atom. The van der Waals surface area contributed by atoms with E-state index in [9.17, 15) is 13.2 Å². The van der Waals surface area contributed by atoms with Crippen molar-refractivity contribution >= 4 is 15.9 Å². The highest BCUT2D eigenvalue weighted by atomic mass is 32.2. The minimum Gasteiger partial charge on any atom is -0.342 e. The van der Waals surface area contributed by atoms with Gasteiger partial charge in [-0.25, -0.2) is 8.42 Å². The van der Waals surface area contributed by atoms with E-state index in [2.05, 4.69) is 17.1 Å². The summed E-state index contributed by atoms with van der Waals surface area (Å²) in [6, 6.07) is 5.28. The molecule has 2 saturated heterocycles. The molecule has 0 unspecified atom stereocenters. The van der Waals surface area contributed by atoms with Gasteiger partial charge >= 0.3 is 0 Å². The zero-order valence-electron chi connectivity index (χ0n) is 19.4. The average molecular weight is 473 g/mol. The molecule has 0 spiro atoms. The van der Waals surface area contributed by atoms with Crippen LogP contribution in [-0.2, 0) is 14.8 Å². The number of sulfonamides is 1. The molecular weight excluding hydrogens is 440 g/mol. The second-order valence-corrected chi connectivity index (χ2v) is 11.8. The van der Waals surface area contributed by atoms with E-state index in [-0.39, 0.29) is 16.7 Å². The Balaban J connectivity index is 1.28. The third-order valence-corrected chi connectivity index (χ3v) is 9.37. The second kappa shape index (κ2) is 8.83. The summed E-state index contributed by atoms with van der Waals surface area (Å²) in [5.41, 5.74) is 1.32. The first kappa shape index (κ1) is 22.5. The van der Waals surface area contributed by atoms with Crippen LogP contribution in [0.1, 0.15) is 62.8 Å². The highest BCUT2D eigenvalue weighted by Gasteiger charge is 2.35. The molecule has 0 N–H and O–H groups in total. The van der Waals surface area contributed by atoms with Gasteiger partial charge in [0.1, 0.15) is 0 Å². The molecule has 178 valence electrons. The van der Waals surface area contributed by atoms with Crippen molar-refractivity contribution in [2.45, 2.75) is 63.2 Å². The molecule has 8 nitrogen and oxygen atoms in total. The fraction of sp³-hybridized carbons (Fsp3) is 0.625. The maximum atomic E-state index is 13.5. The summed E-state index contributed by atoms with van der Waals surface area (Å²) in [5, 5.41) is 4.05. The Kier molecular flexibility index (Phi) is 6.03. The number of benzene rings is 1. The number of hydrogen-bond acceptors (Lipinski definition) is 6. The van der Waals surface area contributed by atoms with E-state index < -0.39 is 10.0 Å². The van der Waals surface area contributed by atoms with E-state index in [1.54, 1.807) is 19.1 Å². The number of piperidine rings is 2. The van der Waals surface area contributed by atoms with Gasteiger partial charge in [-0.2, -0.15) is 9.29 Å². The van der Waals surface area contributed by atoms with Crippen LogP contribution in [0.2, 0.25) is 0 Å². The molecule has 1 amide bonds. The van der Waals surface area contributed by atoms with Crippen LogP contribution in [0.3, 0.4) is 0 Å². The van der Waals surface area contributed by atoms with Crippen molar-refractivity contribution < 1.29 is 17.7 Å². The van der Waals surface area contributed by atoms with Crippen molar-refractivity contribution in [1.82, 2.24) is 19.3 Å². The summed E-state index contributed by atoms with van der Waals surface area (Å²) in [6.07, 6.45) is 5.36. The number of hydrogen-bond donors (Lipinski definition) is 0. The zero-order chi connectivity index (χ0) is 23.2. The van der Waals surface area contributed by atoms with Gasteiger partial charge in [-0.15, -0.1) is 0 Å². The van der Waals surface area contributed by atoms with Crippen LogP contribution < -0.4 is 0 Å². The first-order chi connectivity index (χ1) is 15.8. The van der Waals surface area contributed by atoms with Crippen LogP contribution in [-0.4, -0.2) is 59.8 Å². The molecule has 33 heavy (non-hydrogen) atoms. The van der Waals surface area contributed by atoms with Crippen molar-refractivity contribution in [3.05, 3.63) is 29.7 Å². The highest BCUT2D eigenvalue weighted by molar-refractivity contribution is 7.89. The predicted molar refractivity (Wildman–Crippen MR) is 123 cm³/mol. The van der Waals surface area contributed by atoms with Gasteiger partial charge in [-0.05, 0) is 63.0 Å². The van der Waals surface area contributed by atoms with Crippen LogP contribution in [0.5, 0.6) is 0 Å². The predicted octanol–water partition coefficient (Wildman–Crippen LogP) is 3.58. The van der Waals surface area contributed by atoms with E-state index in [4.69, 9.17) is 4.52 Å². The van der Waals surface area contributed by atoms with Crippen molar-refractivity contribution in [1.29, 1.82) is 0 Å². The third kappa shape index (κ3) is 4.57. The van der Waals surface area contributed by atoms with Crippen LogP contribution in [0, 0.1) is 18.8 Å². The largest absolute Gasteiger partial charge is 0.342 e. The number of likely N-dealkylation sites (tertiary alicyclic amines) is 1. The summed E-state index contributed by atoms with van der Waals surface area (Å²) in [7, 11) is -3.68. The van der Waals surface area contributed by atoms with Gasteiger partial charge in [0.25, 0.3) is 0 Å². The molecule has 1 aliphatic carbocycles. The summed E-state index contributed by atoms with van der Waals surface area (Å²) in [4.78, 5) is 19.6. The molecule has 0 bridgehead atoms. The molecule has 1 saturated carbocycles. The van der Waals surface area contributed by atoms with Gasteiger partial charge in [-0.3, -0.25) is 4.79 Å². The third-order valence-electron chi connectivity index (χ3n) is 7.33. The number of amides is 1. The standard InChI is InChI=1S/C24H32N4O4S/c1-16-7-11-27(12-8-16)24(29)19-9-13-28(14-10-19)33(30,31)21-15-20(4-3-17(21)2)22-25-23(32-26-22)18-5-6-18/h3-4,15-16,18-19H,5-14H2,1-2H3. The van der Waals surface area contributed by atoms with Crippen LogP contribution >= 0.6 is 0 Å². The number of rotatable bonds is 5. The van der Waals surface area contributed by atoms with Gasteiger partial charge in [0.15, 0.2) is 0 Å². The monoisotopic (exact) mass is 472 g/mol. The van der Waals surface area contributed by atoms with Gasteiger partial charge in [0, 0.05) is 43.6 Å². The smallest absolute Gasteiger partial charge is 0.243 e. The molecule has 3 aliphatic rings. The molecule has 1 aromatic carbocycles. The molecule has 0 radical (unpaired) electrons. The molecule has 3 fully saturated rings. The Morgan fingerprint density at radius 1 is 1.03 bits per heavy atom. The number of aromatic nitrogens is 2. The van der Waals surface area contributed by atoms with Crippen LogP contribution in [0.15, 0.2) is 27.6 Å². The molecule has 9 heteroatoms. The Morgan fingerprint density at radius 3 is 2.39 bits per heavy atom. The van der Waals surface area contributed by atoms with Crippen LogP contribution in [0.4, 0.5) is 0 Å². The first-order valence-corrected chi connectivity index (χ1v) is 13.5. The van der Waals surface area contributed by atoms with E-state index in [0.29, 0.717) is 60.6 Å². The van der Waals surface area contributed by atoms with Gasteiger partial charge in [0.05, 0.1) is 4.90 Å². The van der Waals surface area contributed by atoms with E-state index in [1.165, 1.54) is 4.31 Å². The van der Waals surface area contributed by atoms with E-state index in [1.807, 2.05) is 11.0 Å². The summed E-state index contributed by atoms with van der Waals surface area (Å²) in [6.45, 7) is 6.40. The molecule has 2 aromatic rings. The number of nitrogens with zero attached hydrogens (tertiary/aromatic N) is 4. The van der Waals surface area contributed by atoms with Gasteiger partial charge < -0.3 is 9.42 Å². The molecule has 3 heterocycles. The number of carbonyl (C=O) groups is 1. The van der Waals surface area contributed by atoms with Crippen molar-refractivity contribution in [2.24, 2.45) is 11.8 Å². The lowest BCUT2D eigenvalue weighted by molar-refractivity contribution is -0.138. The highest BCUT2D eigenvalue weighted by Crippen LogP contribution is 2.39. The Labute approximate surface area is 195 Å². The molecule has 2 aliphatic heterocycles. The fourth-order valence-electron chi connectivity index (χ4n) is 4.84. The quantitative estimate of drug-likeness (QED) is 0.660. The second-order valence-electron chi connectivity index (χ2n) is 9.90. The lowest BCUT2D eigenvalue weighted by Gasteiger charge is -2.36. The Hall–Kier alpha value is -2.26. The number of aryl methyl sites for hydroxylation is 1. The first-order valence-electron chi connectivity index (χ1n) is 12.1. The van der Waals surface area contributed by atoms with Crippen LogP contribution in [0.25, 0.3) is 11.4 Å². The SMILES string of the molecule is Cc1ccc(-c2noc(C3CC3)n2)cc1S(=O)(=O)N1CCC(C(=O)N2CCC(C)CC2)CC1. The fourth-order valence-corrected chi connectivity index (χ4v) is 6.56. The van der Waals surface area contributed by atoms with Gasteiger partial charge in [-0.1, -0.05) is 24.2 Å². The van der Waals surface area contributed by atoms with Gasteiger partial charge in [0.2, 0.25) is 27.6 Å². The minimum absolute atomic E-state index is 0.0857. The lowest BCUT2D eigenvalue weighted by Crippen LogP contribution is -2.46. The van der Waals surface area contributed by atoms with Crippen molar-refractivity contribution in [2.75, 3.05) is 26.2 Å². The van der Waals surface area contributed by atoms with E-state index in [0.717, 1.165) is 38.8 Å². The molecule has 0 atom stereocenters. The Bertz CT molecular complexity index is 1130. The molecule has 1 aromatic heterocycles. The molecule has 5 rings (SSSR count). The summed E-state index contributed by atoms with van der Waals surface area (Å²) in [5.74, 6) is 2.18. The minimum atomic E-state index is -3.68. The average Bonchev–Trinajstić information content (AvgIpc) is 3.56. The maximum Gasteiger partial charge on any atom is 0.243 e. The molecular formula is C24H32N4O4S. The zero-order valence-corrected chi connectivity index (χ0v) is 20.2. The van der Waals surface area contributed by atoms with Crippen molar-refractivity contribution in [3.63, 3.8) is 0 Å². The normalized spacial score (nSPS) is 21.5. The van der Waals surface area contributed by atoms with Crippen molar-refractivity contribution in [3.8, 4) is 11.4 Å². The topological polar surface area (TPSA) is 96.6 Å². The summed E-state index contributed by atoms with van der Waals surface area (Å²) >= 11 is 0. The maximum absolute atomic E-state index is 13.5. The van der Waals surface area contributed by atoms with E-state index >= 15 is 0 Å². The lowest BCUT2D eigenvalue weighted by atomic mass is 9.93. The summed E-state index contributed by atoms with van der Waals surface area (Å²) < 4.78 is 33.9. The number of carbonyl (C=O) groups excluding carboxylic acids is 1.